The molecule has 2 aromatic heterocycles. The summed E-state index contributed by atoms with van der Waals surface area (Å²) in [5, 5.41) is 1.17. The van der Waals surface area contributed by atoms with Crippen LogP contribution in [0.15, 0.2) is 48.8 Å². The Labute approximate surface area is 170 Å². The summed E-state index contributed by atoms with van der Waals surface area (Å²) in [7, 11) is 0. The molecule has 0 amide bonds. The number of ether oxygens (including phenoxy) is 2. The van der Waals surface area contributed by atoms with Crippen molar-refractivity contribution in [2.45, 2.75) is 18.9 Å². The fourth-order valence-electron chi connectivity index (χ4n) is 3.99. The molecule has 7 nitrogen and oxygen atoms in total. The van der Waals surface area contributed by atoms with Crippen LogP contribution >= 0.6 is 0 Å². The van der Waals surface area contributed by atoms with Crippen LogP contribution in [0.3, 0.4) is 0 Å². The van der Waals surface area contributed by atoms with Gasteiger partial charge in [0.1, 0.15) is 11.9 Å². The summed E-state index contributed by atoms with van der Waals surface area (Å²) in [6, 6.07) is 12.5. The zero-order valence-electron chi connectivity index (χ0n) is 16.4. The van der Waals surface area contributed by atoms with E-state index in [-0.39, 0.29) is 6.10 Å². The molecule has 1 aromatic carbocycles. The second-order valence-electron chi connectivity index (χ2n) is 7.45. The first-order valence-electron chi connectivity index (χ1n) is 10.3. The maximum atomic E-state index is 6.29. The molecule has 29 heavy (non-hydrogen) atoms. The summed E-state index contributed by atoms with van der Waals surface area (Å²) in [5.41, 5.74) is 1.04. The number of benzene rings is 1. The van der Waals surface area contributed by atoms with Gasteiger partial charge in [-0.15, -0.1) is 0 Å². The van der Waals surface area contributed by atoms with E-state index in [4.69, 9.17) is 14.5 Å². The maximum Gasteiger partial charge on any atom is 0.257 e. The Kier molecular flexibility index (Phi) is 5.13. The van der Waals surface area contributed by atoms with E-state index in [1.54, 1.807) is 12.4 Å². The van der Waals surface area contributed by atoms with Crippen molar-refractivity contribution in [3.8, 4) is 5.88 Å². The second-order valence-corrected chi connectivity index (χ2v) is 7.45. The molecule has 3 aromatic rings. The van der Waals surface area contributed by atoms with Crippen LogP contribution in [0.1, 0.15) is 12.8 Å². The molecule has 150 valence electrons. The van der Waals surface area contributed by atoms with E-state index in [0.29, 0.717) is 19.1 Å². The van der Waals surface area contributed by atoms with Crippen molar-refractivity contribution in [3.63, 3.8) is 0 Å². The molecule has 7 heteroatoms. The Balaban J connectivity index is 1.24. The first-order valence-corrected chi connectivity index (χ1v) is 10.3. The van der Waals surface area contributed by atoms with Crippen molar-refractivity contribution in [1.82, 2.24) is 15.0 Å². The summed E-state index contributed by atoms with van der Waals surface area (Å²) in [5.74, 6) is 2.50. The Bertz CT molecular complexity index is 968. The van der Waals surface area contributed by atoms with Crippen LogP contribution in [0.2, 0.25) is 0 Å². The number of pyridine rings is 1. The Morgan fingerprint density at radius 3 is 2.52 bits per heavy atom. The normalized spacial score (nSPS) is 18.2. The Hall–Kier alpha value is -2.93. The van der Waals surface area contributed by atoms with E-state index in [1.807, 2.05) is 12.1 Å². The monoisotopic (exact) mass is 391 g/mol. The van der Waals surface area contributed by atoms with Crippen molar-refractivity contribution in [1.29, 1.82) is 0 Å². The average molecular weight is 391 g/mol. The summed E-state index contributed by atoms with van der Waals surface area (Å²) >= 11 is 0. The van der Waals surface area contributed by atoms with Crippen molar-refractivity contribution in [2.75, 3.05) is 49.2 Å². The lowest BCUT2D eigenvalue weighted by Gasteiger charge is -2.34. The Morgan fingerprint density at radius 2 is 1.66 bits per heavy atom. The van der Waals surface area contributed by atoms with Crippen LogP contribution in [-0.4, -0.2) is 60.4 Å². The van der Waals surface area contributed by atoms with Gasteiger partial charge in [-0.25, -0.2) is 15.0 Å². The average Bonchev–Trinajstić information content (AvgIpc) is 2.80. The summed E-state index contributed by atoms with van der Waals surface area (Å²) in [6.45, 7) is 4.91. The van der Waals surface area contributed by atoms with Gasteiger partial charge < -0.3 is 19.3 Å². The zero-order valence-corrected chi connectivity index (χ0v) is 16.4. The van der Waals surface area contributed by atoms with E-state index >= 15 is 0 Å². The molecule has 0 unspecified atom stereocenters. The smallest absolute Gasteiger partial charge is 0.257 e. The van der Waals surface area contributed by atoms with E-state index in [2.05, 4.69) is 44.0 Å². The van der Waals surface area contributed by atoms with E-state index < -0.39 is 0 Å². The number of para-hydroxylation sites is 1. The molecule has 0 radical (unpaired) electrons. The van der Waals surface area contributed by atoms with Crippen LogP contribution in [0.5, 0.6) is 5.88 Å². The number of aromatic nitrogens is 3. The molecule has 2 fully saturated rings. The molecular formula is C22H25N5O2. The predicted molar refractivity (Wildman–Crippen MR) is 113 cm³/mol. The van der Waals surface area contributed by atoms with E-state index in [0.717, 1.165) is 56.2 Å². The van der Waals surface area contributed by atoms with Crippen LogP contribution in [0.25, 0.3) is 10.9 Å². The van der Waals surface area contributed by atoms with Crippen LogP contribution in [-0.2, 0) is 4.74 Å². The number of fused-ring (bicyclic) bond motifs is 1. The van der Waals surface area contributed by atoms with Crippen molar-refractivity contribution in [3.05, 3.63) is 48.8 Å². The molecule has 2 aliphatic heterocycles. The molecule has 0 N–H and O–H groups in total. The highest BCUT2D eigenvalue weighted by Gasteiger charge is 2.25. The molecule has 0 aliphatic carbocycles. The quantitative estimate of drug-likeness (QED) is 0.678. The number of hydrogen-bond acceptors (Lipinski definition) is 7. The molecule has 5 rings (SSSR count). The zero-order chi connectivity index (χ0) is 19.5. The topological polar surface area (TPSA) is 63.6 Å². The van der Waals surface area contributed by atoms with E-state index in [1.165, 1.54) is 5.39 Å². The fraction of sp³-hybridized carbons (Fsp3) is 0.409. The van der Waals surface area contributed by atoms with Gasteiger partial charge in [0.2, 0.25) is 0 Å². The lowest BCUT2D eigenvalue weighted by molar-refractivity contribution is 0.120. The fourth-order valence-corrected chi connectivity index (χ4v) is 3.99. The van der Waals surface area contributed by atoms with Gasteiger partial charge in [0.05, 0.1) is 18.7 Å². The molecule has 4 heterocycles. The number of rotatable bonds is 4. The van der Waals surface area contributed by atoms with Gasteiger partial charge in [0.15, 0.2) is 5.82 Å². The highest BCUT2D eigenvalue weighted by atomic mass is 16.5. The second kappa shape index (κ2) is 8.21. The van der Waals surface area contributed by atoms with Gasteiger partial charge in [-0.3, -0.25) is 0 Å². The number of nitrogens with zero attached hydrogens (tertiary/aromatic N) is 5. The molecule has 2 saturated heterocycles. The lowest BCUT2D eigenvalue weighted by atomic mass is 10.1. The largest absolute Gasteiger partial charge is 0.472 e. The summed E-state index contributed by atoms with van der Waals surface area (Å²) in [4.78, 5) is 18.3. The summed E-state index contributed by atoms with van der Waals surface area (Å²) < 4.78 is 11.7. The number of morpholine rings is 1. The molecule has 0 atom stereocenters. The minimum Gasteiger partial charge on any atom is -0.472 e. The highest BCUT2D eigenvalue weighted by Crippen LogP contribution is 2.28. The predicted octanol–water partition coefficient (Wildman–Crippen LogP) is 2.91. The van der Waals surface area contributed by atoms with Crippen molar-refractivity contribution < 1.29 is 9.47 Å². The van der Waals surface area contributed by atoms with Crippen molar-refractivity contribution >= 4 is 22.5 Å². The highest BCUT2D eigenvalue weighted by molar-refractivity contribution is 5.80. The number of hydrogen-bond donors (Lipinski definition) is 0. The van der Waals surface area contributed by atoms with Crippen LogP contribution in [0.4, 0.5) is 11.6 Å². The van der Waals surface area contributed by atoms with Crippen molar-refractivity contribution in [2.24, 2.45) is 0 Å². The molecule has 2 aliphatic rings. The minimum atomic E-state index is 0.142. The lowest BCUT2D eigenvalue weighted by Crippen LogP contribution is -2.40. The van der Waals surface area contributed by atoms with Gasteiger partial charge in [0.25, 0.3) is 5.88 Å². The molecule has 0 spiro atoms. The first-order chi connectivity index (χ1) is 14.4. The number of anilines is 2. The minimum absolute atomic E-state index is 0.142. The SMILES string of the molecule is c1ccc2nc(N3CCC(Oc4nccnc4N4CCOCC4)CC3)ccc2c1. The van der Waals surface area contributed by atoms with Gasteiger partial charge in [-0.1, -0.05) is 18.2 Å². The van der Waals surface area contributed by atoms with Crippen LogP contribution < -0.4 is 14.5 Å². The number of piperidine rings is 1. The molecule has 0 saturated carbocycles. The standard InChI is InChI=1S/C22H25N5O2/c1-2-4-19-17(3-1)5-6-20(25-19)26-11-7-18(8-12-26)29-22-21(23-9-10-24-22)27-13-15-28-16-14-27/h1-6,9-10,18H,7-8,11-16H2. The van der Waals surface area contributed by atoms with Gasteiger partial charge in [0, 0.05) is 56.8 Å². The third-order valence-corrected chi connectivity index (χ3v) is 5.59. The van der Waals surface area contributed by atoms with E-state index in [9.17, 15) is 0 Å². The summed E-state index contributed by atoms with van der Waals surface area (Å²) in [6.07, 6.45) is 5.45. The third-order valence-electron chi connectivity index (χ3n) is 5.59. The Morgan fingerprint density at radius 1 is 0.862 bits per heavy atom. The first kappa shape index (κ1) is 18.1. The maximum absolute atomic E-state index is 6.29. The molecular weight excluding hydrogens is 366 g/mol. The van der Waals surface area contributed by atoms with Gasteiger partial charge in [-0.2, -0.15) is 0 Å². The van der Waals surface area contributed by atoms with Gasteiger partial charge >= 0.3 is 0 Å². The molecule has 0 bridgehead atoms. The van der Waals surface area contributed by atoms with Crippen LogP contribution in [0, 0.1) is 0 Å². The van der Waals surface area contributed by atoms with Gasteiger partial charge in [-0.05, 0) is 18.2 Å². The third kappa shape index (κ3) is 3.96.